The molecule has 2 aromatic heterocycles. The Labute approximate surface area is 316 Å². The normalized spacial score (nSPS) is 15.2. The molecule has 250 valence electrons. The molecule has 1 atom stereocenters. The predicted molar refractivity (Wildman–Crippen MR) is 217 cm³/mol. The largest absolute Gasteiger partial charge is 0.308 e. The summed E-state index contributed by atoms with van der Waals surface area (Å²) in [5, 5.41) is 2.64. The first-order valence-electron chi connectivity index (χ1n) is 17.7. The summed E-state index contributed by atoms with van der Waals surface area (Å²) in [6.45, 7) is 2.41. The van der Waals surface area contributed by atoms with E-state index in [9.17, 15) is 0 Å². The third-order valence-electron chi connectivity index (χ3n) is 11.3. The Kier molecular flexibility index (Phi) is 6.46. The fourth-order valence-electron chi connectivity index (χ4n) is 9.03. The van der Waals surface area contributed by atoms with E-state index in [0.29, 0.717) is 5.82 Å². The number of aromatic nitrogens is 4. The van der Waals surface area contributed by atoms with Crippen molar-refractivity contribution in [2.75, 3.05) is 0 Å². The van der Waals surface area contributed by atoms with Crippen molar-refractivity contribution in [3.63, 3.8) is 0 Å². The van der Waals surface area contributed by atoms with E-state index in [2.05, 4.69) is 166 Å². The Balaban J connectivity index is 1.26. The summed E-state index contributed by atoms with van der Waals surface area (Å²) in [6, 6.07) is 55.1. The SMILES string of the molecule is CC1(c2cccc(-c3ccccc3)c2)c2ccc(-c3cccc(-c4nc(Cl)nc(Cl)n4)c3)c3c2-c2c1ccc1c4ccccc4n(c21)-c1ccccc1-3. The van der Waals surface area contributed by atoms with Gasteiger partial charge in [-0.1, -0.05) is 127 Å². The van der Waals surface area contributed by atoms with Crippen molar-refractivity contribution in [3.8, 4) is 61.6 Å². The lowest BCUT2D eigenvalue weighted by Crippen LogP contribution is -2.22. The zero-order valence-electron chi connectivity index (χ0n) is 28.5. The molecule has 4 nitrogen and oxygen atoms in total. The Morgan fingerprint density at radius 1 is 0.491 bits per heavy atom. The summed E-state index contributed by atoms with van der Waals surface area (Å²) in [5.74, 6) is 0.435. The van der Waals surface area contributed by atoms with Crippen molar-refractivity contribution in [1.29, 1.82) is 0 Å². The maximum absolute atomic E-state index is 6.24. The van der Waals surface area contributed by atoms with Gasteiger partial charge in [0.1, 0.15) is 0 Å². The number of rotatable bonds is 4. The smallest absolute Gasteiger partial charge is 0.227 e. The zero-order valence-corrected chi connectivity index (χ0v) is 30.0. The van der Waals surface area contributed by atoms with Crippen molar-refractivity contribution in [2.24, 2.45) is 0 Å². The fourth-order valence-corrected chi connectivity index (χ4v) is 9.40. The topological polar surface area (TPSA) is 43.6 Å². The van der Waals surface area contributed by atoms with Crippen LogP contribution in [-0.4, -0.2) is 19.5 Å². The summed E-state index contributed by atoms with van der Waals surface area (Å²) in [6.07, 6.45) is 0. The van der Waals surface area contributed by atoms with Gasteiger partial charge in [-0.05, 0) is 104 Å². The standard InChI is InChI=1S/C47H28Cl2N4/c1-47(31-16-10-13-28(26-31)27-11-3-2-4-12-27)36-23-21-32(29-14-9-15-30(25-29)44-50-45(48)52-46(49)51-44)40-35-18-6-8-20-39(35)53-38-19-7-5-17-33(38)34-22-24-37(47)42(41(36)40)43(34)53/h2-26H,1H3. The maximum Gasteiger partial charge on any atom is 0.227 e. The first kappa shape index (κ1) is 30.5. The van der Waals surface area contributed by atoms with Gasteiger partial charge in [0.25, 0.3) is 0 Å². The van der Waals surface area contributed by atoms with Crippen LogP contribution in [0.5, 0.6) is 0 Å². The molecule has 1 aliphatic carbocycles. The van der Waals surface area contributed by atoms with Crippen LogP contribution in [0, 0.1) is 0 Å². The Morgan fingerprint density at radius 2 is 1.17 bits per heavy atom. The molecule has 0 amide bonds. The molecule has 0 saturated carbocycles. The van der Waals surface area contributed by atoms with E-state index >= 15 is 0 Å². The lowest BCUT2D eigenvalue weighted by molar-refractivity contribution is 0.714. The lowest BCUT2D eigenvalue weighted by atomic mass is 9.73. The Morgan fingerprint density at radius 3 is 2.04 bits per heavy atom. The van der Waals surface area contributed by atoms with Gasteiger partial charge in [0.05, 0.1) is 16.7 Å². The number of nitrogens with zero attached hydrogens (tertiary/aromatic N) is 4. The third-order valence-corrected chi connectivity index (χ3v) is 11.7. The average Bonchev–Trinajstić information content (AvgIpc) is 3.62. The number of fused-ring (bicyclic) bond motifs is 6. The van der Waals surface area contributed by atoms with Crippen molar-refractivity contribution in [3.05, 3.63) is 179 Å². The van der Waals surface area contributed by atoms with Crippen LogP contribution in [0.3, 0.4) is 0 Å². The van der Waals surface area contributed by atoms with Gasteiger partial charge in [-0.2, -0.15) is 15.0 Å². The molecule has 11 rings (SSSR count). The molecule has 7 aromatic carbocycles. The number of benzene rings is 7. The van der Waals surface area contributed by atoms with E-state index in [-0.39, 0.29) is 10.6 Å². The second kappa shape index (κ2) is 11.2. The number of para-hydroxylation sites is 2. The Hall–Kier alpha value is -6.07. The monoisotopic (exact) mass is 718 g/mol. The summed E-state index contributed by atoms with van der Waals surface area (Å²) in [7, 11) is 0. The molecular formula is C47H28Cl2N4. The zero-order chi connectivity index (χ0) is 35.4. The highest BCUT2D eigenvalue weighted by atomic mass is 35.5. The van der Waals surface area contributed by atoms with Crippen LogP contribution < -0.4 is 0 Å². The lowest BCUT2D eigenvalue weighted by Gasteiger charge is -2.30. The second-order valence-corrected chi connectivity index (χ2v) is 14.7. The van der Waals surface area contributed by atoms with Gasteiger partial charge in [-0.15, -0.1) is 0 Å². The van der Waals surface area contributed by atoms with Crippen LogP contribution in [0.25, 0.3) is 83.4 Å². The molecule has 6 heteroatoms. The molecule has 9 aromatic rings. The molecule has 0 saturated heterocycles. The van der Waals surface area contributed by atoms with Crippen molar-refractivity contribution >= 4 is 45.0 Å². The van der Waals surface area contributed by atoms with Gasteiger partial charge in [0.2, 0.25) is 10.6 Å². The van der Waals surface area contributed by atoms with E-state index < -0.39 is 5.41 Å². The number of hydrogen-bond acceptors (Lipinski definition) is 3. The van der Waals surface area contributed by atoms with Gasteiger partial charge in [-0.3, -0.25) is 0 Å². The van der Waals surface area contributed by atoms with E-state index in [1.165, 1.54) is 71.9 Å². The molecule has 0 spiro atoms. The Bertz CT molecular complexity index is 2980. The van der Waals surface area contributed by atoms with Crippen molar-refractivity contribution in [1.82, 2.24) is 19.5 Å². The third kappa shape index (κ3) is 4.28. The van der Waals surface area contributed by atoms with E-state index in [1.807, 2.05) is 12.1 Å². The molecule has 0 fully saturated rings. The molecule has 1 aliphatic heterocycles. The molecule has 0 bridgehead atoms. The molecule has 0 N–H and O–H groups in total. The van der Waals surface area contributed by atoms with Crippen LogP contribution in [-0.2, 0) is 5.41 Å². The molecule has 53 heavy (non-hydrogen) atoms. The van der Waals surface area contributed by atoms with Gasteiger partial charge in [-0.25, -0.2) is 0 Å². The summed E-state index contributed by atoms with van der Waals surface area (Å²) in [5.41, 5.74) is 17.4. The van der Waals surface area contributed by atoms with Crippen LogP contribution in [0.4, 0.5) is 0 Å². The van der Waals surface area contributed by atoms with E-state index in [0.717, 1.165) is 22.4 Å². The van der Waals surface area contributed by atoms with Crippen LogP contribution >= 0.6 is 23.2 Å². The minimum atomic E-state index is -0.426. The minimum Gasteiger partial charge on any atom is -0.308 e. The van der Waals surface area contributed by atoms with Crippen LogP contribution in [0.1, 0.15) is 23.6 Å². The highest BCUT2D eigenvalue weighted by Gasteiger charge is 2.45. The molecule has 0 radical (unpaired) electrons. The first-order valence-corrected chi connectivity index (χ1v) is 18.4. The first-order chi connectivity index (χ1) is 26.0. The van der Waals surface area contributed by atoms with Gasteiger partial charge >= 0.3 is 0 Å². The van der Waals surface area contributed by atoms with E-state index in [1.54, 1.807) is 0 Å². The molecular weight excluding hydrogens is 691 g/mol. The quantitative estimate of drug-likeness (QED) is 0.182. The second-order valence-electron chi connectivity index (χ2n) is 14.0. The van der Waals surface area contributed by atoms with Crippen molar-refractivity contribution < 1.29 is 0 Å². The number of hydrogen-bond donors (Lipinski definition) is 0. The van der Waals surface area contributed by atoms with Gasteiger partial charge in [0, 0.05) is 32.9 Å². The van der Waals surface area contributed by atoms with E-state index in [4.69, 9.17) is 23.2 Å². The minimum absolute atomic E-state index is 0.0637. The van der Waals surface area contributed by atoms with Gasteiger partial charge < -0.3 is 4.57 Å². The maximum atomic E-state index is 6.24. The molecule has 1 unspecified atom stereocenters. The highest BCUT2D eigenvalue weighted by Crippen LogP contribution is 2.61. The van der Waals surface area contributed by atoms with Gasteiger partial charge in [0.15, 0.2) is 5.82 Å². The number of halogens is 2. The summed E-state index contributed by atoms with van der Waals surface area (Å²) < 4.78 is 2.50. The molecule has 3 heterocycles. The van der Waals surface area contributed by atoms with Crippen molar-refractivity contribution in [2.45, 2.75) is 12.3 Å². The fraction of sp³-hybridized carbons (Fsp3) is 0.0426. The summed E-state index contributed by atoms with van der Waals surface area (Å²) in [4.78, 5) is 12.8. The average molecular weight is 720 g/mol. The van der Waals surface area contributed by atoms with Crippen LogP contribution in [0.2, 0.25) is 10.6 Å². The summed E-state index contributed by atoms with van der Waals surface area (Å²) >= 11 is 12.5. The molecule has 2 aliphatic rings. The predicted octanol–water partition coefficient (Wildman–Crippen LogP) is 12.6. The highest BCUT2D eigenvalue weighted by molar-refractivity contribution is 6.31. The van der Waals surface area contributed by atoms with Crippen LogP contribution in [0.15, 0.2) is 152 Å².